The van der Waals surface area contributed by atoms with Gasteiger partial charge in [0.15, 0.2) is 0 Å². The smallest absolute Gasteiger partial charge is 0.310 e. The standard InChI is InChI=1S/C8H16NO2/c1-3-9(8(2)10)4-6-11-7-5-9/h3-7H2,1-2H3/q+1. The van der Waals surface area contributed by atoms with Gasteiger partial charge in [-0.1, -0.05) is 0 Å². The van der Waals surface area contributed by atoms with Crippen LogP contribution in [0.5, 0.6) is 0 Å². The van der Waals surface area contributed by atoms with Crippen molar-refractivity contribution in [1.29, 1.82) is 0 Å². The van der Waals surface area contributed by atoms with E-state index in [9.17, 15) is 4.79 Å². The van der Waals surface area contributed by atoms with Gasteiger partial charge in [-0.3, -0.25) is 4.48 Å². The molecule has 0 aliphatic carbocycles. The first-order chi connectivity index (χ1) is 5.21. The molecule has 0 saturated carbocycles. The lowest BCUT2D eigenvalue weighted by molar-refractivity contribution is -0.860. The van der Waals surface area contributed by atoms with Gasteiger partial charge in [-0.2, -0.15) is 0 Å². The van der Waals surface area contributed by atoms with Gasteiger partial charge < -0.3 is 4.74 Å². The van der Waals surface area contributed by atoms with E-state index in [1.807, 2.05) is 0 Å². The summed E-state index contributed by atoms with van der Waals surface area (Å²) in [6.07, 6.45) is 0. The lowest BCUT2D eigenvalue weighted by Crippen LogP contribution is -2.57. The Morgan fingerprint density at radius 1 is 1.45 bits per heavy atom. The van der Waals surface area contributed by atoms with Crippen LogP contribution in [0.1, 0.15) is 13.8 Å². The van der Waals surface area contributed by atoms with Crippen molar-refractivity contribution in [2.45, 2.75) is 13.8 Å². The molecular weight excluding hydrogens is 142 g/mol. The van der Waals surface area contributed by atoms with Gasteiger partial charge in [-0.05, 0) is 6.92 Å². The molecule has 1 rings (SSSR count). The highest BCUT2D eigenvalue weighted by Crippen LogP contribution is 2.10. The van der Waals surface area contributed by atoms with Crippen molar-refractivity contribution in [2.24, 2.45) is 0 Å². The average molecular weight is 158 g/mol. The molecule has 64 valence electrons. The summed E-state index contributed by atoms with van der Waals surface area (Å²) in [5, 5.41) is 0. The van der Waals surface area contributed by atoms with Crippen LogP contribution in [0.2, 0.25) is 0 Å². The Morgan fingerprint density at radius 3 is 2.27 bits per heavy atom. The Bertz CT molecular complexity index is 150. The Hall–Kier alpha value is -0.410. The maximum atomic E-state index is 11.3. The van der Waals surface area contributed by atoms with Crippen molar-refractivity contribution < 1.29 is 14.0 Å². The molecule has 3 heteroatoms. The Balaban J connectivity index is 2.64. The molecule has 1 aliphatic heterocycles. The van der Waals surface area contributed by atoms with Crippen LogP contribution in [-0.4, -0.2) is 43.2 Å². The van der Waals surface area contributed by atoms with Crippen molar-refractivity contribution in [3.63, 3.8) is 0 Å². The quantitative estimate of drug-likeness (QED) is 0.516. The number of hydrogen-bond donors (Lipinski definition) is 0. The minimum atomic E-state index is 0.274. The van der Waals surface area contributed by atoms with Gasteiger partial charge in [0, 0.05) is 0 Å². The first-order valence-electron chi connectivity index (χ1n) is 4.16. The van der Waals surface area contributed by atoms with Gasteiger partial charge >= 0.3 is 5.91 Å². The second-order valence-corrected chi connectivity index (χ2v) is 3.04. The van der Waals surface area contributed by atoms with E-state index in [2.05, 4.69) is 6.92 Å². The second-order valence-electron chi connectivity index (χ2n) is 3.04. The van der Waals surface area contributed by atoms with E-state index in [0.717, 1.165) is 32.8 Å². The number of morpholine rings is 1. The van der Waals surface area contributed by atoms with Crippen molar-refractivity contribution in [1.82, 2.24) is 0 Å². The molecule has 0 bridgehead atoms. The summed E-state index contributed by atoms with van der Waals surface area (Å²) in [4.78, 5) is 11.3. The summed E-state index contributed by atoms with van der Waals surface area (Å²) in [6, 6.07) is 0. The first-order valence-corrected chi connectivity index (χ1v) is 4.16. The average Bonchev–Trinajstić information content (AvgIpc) is 2.05. The number of amides is 1. The molecule has 3 nitrogen and oxygen atoms in total. The molecule has 0 aromatic heterocycles. The molecule has 11 heavy (non-hydrogen) atoms. The monoisotopic (exact) mass is 158 g/mol. The van der Waals surface area contributed by atoms with Crippen LogP contribution in [0.15, 0.2) is 0 Å². The summed E-state index contributed by atoms with van der Waals surface area (Å²) < 4.78 is 5.82. The van der Waals surface area contributed by atoms with Crippen LogP contribution in [0.25, 0.3) is 0 Å². The zero-order chi connectivity index (χ0) is 8.32. The summed E-state index contributed by atoms with van der Waals surface area (Å²) in [7, 11) is 0. The zero-order valence-electron chi connectivity index (χ0n) is 7.30. The molecule has 1 saturated heterocycles. The molecule has 1 amide bonds. The molecule has 0 atom stereocenters. The van der Waals surface area contributed by atoms with Crippen molar-refractivity contribution in [3.8, 4) is 0 Å². The Morgan fingerprint density at radius 2 is 2.00 bits per heavy atom. The van der Waals surface area contributed by atoms with Gasteiger partial charge in [0.05, 0.1) is 26.7 Å². The molecule has 0 radical (unpaired) electrons. The molecule has 0 aromatic rings. The van der Waals surface area contributed by atoms with E-state index in [-0.39, 0.29) is 5.91 Å². The van der Waals surface area contributed by atoms with Crippen LogP contribution < -0.4 is 0 Å². The molecule has 0 unspecified atom stereocenters. The molecular formula is C8H16NO2+. The predicted molar refractivity (Wildman–Crippen MR) is 42.0 cm³/mol. The highest BCUT2D eigenvalue weighted by atomic mass is 16.5. The van der Waals surface area contributed by atoms with Gasteiger partial charge in [-0.25, -0.2) is 4.79 Å². The fourth-order valence-electron chi connectivity index (χ4n) is 1.55. The van der Waals surface area contributed by atoms with Crippen molar-refractivity contribution >= 4 is 5.91 Å². The van der Waals surface area contributed by atoms with Crippen molar-refractivity contribution in [3.05, 3.63) is 0 Å². The van der Waals surface area contributed by atoms with Gasteiger partial charge in [0.2, 0.25) is 0 Å². The van der Waals surface area contributed by atoms with Crippen LogP contribution in [-0.2, 0) is 9.53 Å². The number of rotatable bonds is 1. The van der Waals surface area contributed by atoms with E-state index in [0.29, 0.717) is 4.48 Å². The summed E-state index contributed by atoms with van der Waals surface area (Å²) in [6.45, 7) is 7.80. The molecule has 0 spiro atoms. The van der Waals surface area contributed by atoms with Crippen LogP contribution in [0.3, 0.4) is 0 Å². The fraction of sp³-hybridized carbons (Fsp3) is 0.875. The largest absolute Gasteiger partial charge is 0.370 e. The minimum Gasteiger partial charge on any atom is -0.370 e. The molecule has 1 heterocycles. The van der Waals surface area contributed by atoms with E-state index in [4.69, 9.17) is 4.74 Å². The highest BCUT2D eigenvalue weighted by molar-refractivity contribution is 5.65. The minimum absolute atomic E-state index is 0.274. The topological polar surface area (TPSA) is 26.3 Å². The zero-order valence-corrected chi connectivity index (χ0v) is 7.30. The fourth-order valence-corrected chi connectivity index (χ4v) is 1.55. The molecule has 0 aromatic carbocycles. The van der Waals surface area contributed by atoms with E-state index >= 15 is 0 Å². The Kier molecular flexibility index (Phi) is 2.62. The molecule has 0 N–H and O–H groups in total. The van der Waals surface area contributed by atoms with Crippen LogP contribution in [0.4, 0.5) is 0 Å². The number of carbonyl (C=O) groups excluding carboxylic acids is 1. The predicted octanol–water partition coefficient (Wildman–Crippen LogP) is 0.400. The van der Waals surface area contributed by atoms with E-state index in [1.54, 1.807) is 6.92 Å². The lowest BCUT2D eigenvalue weighted by Gasteiger charge is -2.36. The summed E-state index contributed by atoms with van der Waals surface area (Å²) in [5.41, 5.74) is 0. The van der Waals surface area contributed by atoms with Gasteiger partial charge in [0.25, 0.3) is 0 Å². The number of hydrogen-bond acceptors (Lipinski definition) is 2. The van der Waals surface area contributed by atoms with Crippen molar-refractivity contribution in [2.75, 3.05) is 32.8 Å². The van der Waals surface area contributed by atoms with E-state index in [1.165, 1.54) is 0 Å². The van der Waals surface area contributed by atoms with E-state index < -0.39 is 0 Å². The van der Waals surface area contributed by atoms with Gasteiger partial charge in [-0.15, -0.1) is 0 Å². The maximum Gasteiger partial charge on any atom is 0.310 e. The number of carbonyl (C=O) groups is 1. The number of nitrogens with zero attached hydrogens (tertiary/aromatic N) is 1. The molecule has 1 fully saturated rings. The Labute approximate surface area is 67.5 Å². The normalized spacial score (nSPS) is 23.1. The SMILES string of the molecule is CC[N+]1(C(C)=O)CCOCC1. The number of ether oxygens (including phenoxy) is 1. The van der Waals surface area contributed by atoms with Crippen LogP contribution in [0, 0.1) is 0 Å². The first kappa shape index (κ1) is 8.68. The molecule has 1 aliphatic rings. The number of likely N-dealkylation sites (N-methyl/N-ethyl adjacent to an activating group) is 1. The second kappa shape index (κ2) is 3.32. The summed E-state index contributed by atoms with van der Waals surface area (Å²) in [5.74, 6) is 0.274. The third kappa shape index (κ3) is 1.60. The van der Waals surface area contributed by atoms with Gasteiger partial charge in [0.1, 0.15) is 13.1 Å². The lowest BCUT2D eigenvalue weighted by atomic mass is 10.3. The number of quaternary nitrogens is 1. The van der Waals surface area contributed by atoms with Crippen LogP contribution >= 0.6 is 0 Å². The third-order valence-corrected chi connectivity index (χ3v) is 2.60. The summed E-state index contributed by atoms with van der Waals surface area (Å²) >= 11 is 0. The third-order valence-electron chi connectivity index (χ3n) is 2.60. The highest BCUT2D eigenvalue weighted by Gasteiger charge is 2.33. The maximum absolute atomic E-state index is 11.3.